The average molecular weight is 383 g/mol. The first kappa shape index (κ1) is 17.6. The van der Waals surface area contributed by atoms with Crippen LogP contribution in [0.25, 0.3) is 11.0 Å². The third kappa shape index (κ3) is 2.70. The summed E-state index contributed by atoms with van der Waals surface area (Å²) in [5.41, 5.74) is 1.84. The van der Waals surface area contributed by atoms with Crippen molar-refractivity contribution < 1.29 is 14.3 Å². The number of aromatic nitrogens is 3. The van der Waals surface area contributed by atoms with E-state index in [4.69, 9.17) is 9.47 Å². The Bertz CT molecular complexity index is 898. The lowest BCUT2D eigenvalue weighted by atomic mass is 9.86. The normalized spacial score (nSPS) is 22.4. The summed E-state index contributed by atoms with van der Waals surface area (Å²) in [5.74, 6) is 1.37. The van der Waals surface area contributed by atoms with E-state index in [0.29, 0.717) is 38.8 Å². The molecule has 0 aromatic carbocycles. The molecule has 0 aliphatic carbocycles. The fourth-order valence-corrected chi connectivity index (χ4v) is 4.80. The minimum atomic E-state index is -0.296. The Kier molecular flexibility index (Phi) is 4.32. The molecule has 0 unspecified atom stereocenters. The average Bonchev–Trinajstić information content (AvgIpc) is 3.16. The van der Waals surface area contributed by atoms with Crippen molar-refractivity contribution in [3.05, 3.63) is 30.7 Å². The number of ether oxygens (including phenoxy) is 2. The predicted octanol–water partition coefficient (Wildman–Crippen LogP) is 1.46. The molecule has 2 aromatic rings. The number of hydrogen-bond acceptors (Lipinski definition) is 6. The molecular formula is C20H25N5O3. The van der Waals surface area contributed by atoms with Crippen LogP contribution >= 0.6 is 0 Å². The summed E-state index contributed by atoms with van der Waals surface area (Å²) in [4.78, 5) is 28.9. The fraction of sp³-hybridized carbons (Fsp3) is 0.550. The molecule has 0 radical (unpaired) electrons. The Morgan fingerprint density at radius 3 is 2.86 bits per heavy atom. The van der Waals surface area contributed by atoms with Crippen molar-refractivity contribution in [1.82, 2.24) is 19.9 Å². The molecule has 5 heterocycles. The lowest BCUT2D eigenvalue weighted by Crippen LogP contribution is -2.75. The first-order valence-electron chi connectivity index (χ1n) is 9.88. The third-order valence-electron chi connectivity index (χ3n) is 6.25. The molecule has 3 aliphatic rings. The van der Waals surface area contributed by atoms with Crippen LogP contribution in [0.1, 0.15) is 24.3 Å². The number of morpholine rings is 1. The lowest BCUT2D eigenvalue weighted by Gasteiger charge is -2.57. The van der Waals surface area contributed by atoms with Crippen molar-refractivity contribution in [2.75, 3.05) is 51.0 Å². The zero-order valence-electron chi connectivity index (χ0n) is 15.9. The smallest absolute Gasteiger partial charge is 0.246 e. The maximum atomic E-state index is 12.3. The number of amides is 1. The number of aromatic amines is 1. The summed E-state index contributed by atoms with van der Waals surface area (Å²) >= 11 is 0. The predicted molar refractivity (Wildman–Crippen MR) is 104 cm³/mol. The van der Waals surface area contributed by atoms with E-state index in [1.54, 1.807) is 6.33 Å². The number of carbonyl (C=O) groups excluding carboxylic acids is 1. The molecule has 8 nitrogen and oxygen atoms in total. The van der Waals surface area contributed by atoms with Crippen molar-refractivity contribution in [2.45, 2.75) is 24.3 Å². The molecule has 5 rings (SSSR count). The van der Waals surface area contributed by atoms with Crippen molar-refractivity contribution in [1.29, 1.82) is 0 Å². The van der Waals surface area contributed by atoms with Crippen LogP contribution in [0, 0.1) is 0 Å². The van der Waals surface area contributed by atoms with Gasteiger partial charge in [-0.25, -0.2) is 9.97 Å². The fourth-order valence-electron chi connectivity index (χ4n) is 4.80. The number of fused-ring (bicyclic) bond motifs is 1. The molecule has 0 saturated carbocycles. The highest BCUT2D eigenvalue weighted by atomic mass is 16.5. The van der Waals surface area contributed by atoms with Crippen LogP contribution in [0.4, 0.5) is 5.82 Å². The van der Waals surface area contributed by atoms with Gasteiger partial charge in [0.25, 0.3) is 0 Å². The summed E-state index contributed by atoms with van der Waals surface area (Å²) in [6, 6.07) is 0. The highest BCUT2D eigenvalue weighted by Crippen LogP contribution is 2.40. The van der Waals surface area contributed by atoms with Gasteiger partial charge < -0.3 is 24.3 Å². The summed E-state index contributed by atoms with van der Waals surface area (Å²) in [6.07, 6.45) is 7.11. The van der Waals surface area contributed by atoms with Gasteiger partial charge >= 0.3 is 0 Å². The molecule has 1 N–H and O–H groups in total. The molecule has 8 heteroatoms. The number of nitrogens with zero attached hydrogens (tertiary/aromatic N) is 4. The van der Waals surface area contributed by atoms with Crippen molar-refractivity contribution >= 4 is 22.8 Å². The second-order valence-corrected chi connectivity index (χ2v) is 7.88. The molecule has 28 heavy (non-hydrogen) atoms. The number of anilines is 1. The molecule has 2 aromatic heterocycles. The van der Waals surface area contributed by atoms with Gasteiger partial charge in [-0.15, -0.1) is 0 Å². The van der Waals surface area contributed by atoms with E-state index in [0.717, 1.165) is 42.9 Å². The largest absolute Gasteiger partial charge is 0.381 e. The highest BCUT2D eigenvalue weighted by Gasteiger charge is 2.51. The topological polar surface area (TPSA) is 83.6 Å². The quantitative estimate of drug-likeness (QED) is 0.808. The van der Waals surface area contributed by atoms with E-state index in [2.05, 4.69) is 32.6 Å². The second kappa shape index (κ2) is 6.86. The number of carbonyl (C=O) groups is 1. The van der Waals surface area contributed by atoms with Crippen LogP contribution < -0.4 is 4.90 Å². The SMILES string of the molecule is C=CC(=O)N1CCOCC12CN(c1ncnc3[nH]cc(C4CCOCC4)c13)C2. The van der Waals surface area contributed by atoms with Gasteiger partial charge in [-0.05, 0) is 30.4 Å². The Balaban J connectivity index is 1.45. The van der Waals surface area contributed by atoms with Gasteiger partial charge in [-0.2, -0.15) is 0 Å². The van der Waals surface area contributed by atoms with Gasteiger partial charge in [0.1, 0.15) is 23.3 Å². The number of H-pyrrole nitrogens is 1. The van der Waals surface area contributed by atoms with E-state index in [-0.39, 0.29) is 11.4 Å². The number of nitrogens with one attached hydrogen (secondary N) is 1. The summed E-state index contributed by atoms with van der Waals surface area (Å²) < 4.78 is 11.2. The monoisotopic (exact) mass is 383 g/mol. The lowest BCUT2D eigenvalue weighted by molar-refractivity contribution is -0.146. The van der Waals surface area contributed by atoms with Gasteiger partial charge in [-0.3, -0.25) is 4.79 Å². The Morgan fingerprint density at radius 2 is 2.07 bits per heavy atom. The van der Waals surface area contributed by atoms with Gasteiger partial charge in [0.2, 0.25) is 5.91 Å². The molecule has 3 fully saturated rings. The Labute approximate surface area is 163 Å². The van der Waals surface area contributed by atoms with Crippen LogP contribution in [0.5, 0.6) is 0 Å². The van der Waals surface area contributed by atoms with Gasteiger partial charge in [-0.1, -0.05) is 6.58 Å². The first-order chi connectivity index (χ1) is 13.7. The van der Waals surface area contributed by atoms with Crippen LogP contribution in [0.3, 0.4) is 0 Å². The van der Waals surface area contributed by atoms with Crippen molar-refractivity contribution in [3.63, 3.8) is 0 Å². The van der Waals surface area contributed by atoms with E-state index < -0.39 is 0 Å². The molecule has 148 valence electrons. The zero-order chi connectivity index (χ0) is 19.1. The van der Waals surface area contributed by atoms with Crippen molar-refractivity contribution in [3.8, 4) is 0 Å². The maximum Gasteiger partial charge on any atom is 0.246 e. The molecule has 3 saturated heterocycles. The Hall–Kier alpha value is -2.45. The van der Waals surface area contributed by atoms with Crippen molar-refractivity contribution in [2.24, 2.45) is 0 Å². The number of rotatable bonds is 3. The van der Waals surface area contributed by atoms with E-state index in [1.165, 1.54) is 11.6 Å². The van der Waals surface area contributed by atoms with Gasteiger partial charge in [0, 0.05) is 39.0 Å². The molecule has 3 aliphatic heterocycles. The minimum Gasteiger partial charge on any atom is -0.381 e. The molecule has 0 bridgehead atoms. The molecule has 1 amide bonds. The third-order valence-corrected chi connectivity index (χ3v) is 6.25. The molecular weight excluding hydrogens is 358 g/mol. The van der Waals surface area contributed by atoms with Crippen LogP contribution in [0.15, 0.2) is 25.2 Å². The Morgan fingerprint density at radius 1 is 1.25 bits per heavy atom. The number of hydrogen-bond donors (Lipinski definition) is 1. The maximum absolute atomic E-state index is 12.3. The van der Waals surface area contributed by atoms with Crippen LogP contribution in [0.2, 0.25) is 0 Å². The second-order valence-electron chi connectivity index (χ2n) is 7.88. The van der Waals surface area contributed by atoms with E-state index in [1.807, 2.05) is 4.90 Å². The molecule has 0 atom stereocenters. The first-order valence-corrected chi connectivity index (χ1v) is 9.88. The molecule has 1 spiro atoms. The highest BCUT2D eigenvalue weighted by molar-refractivity contribution is 5.92. The van der Waals surface area contributed by atoms with E-state index in [9.17, 15) is 4.79 Å². The summed E-state index contributed by atoms with van der Waals surface area (Å²) in [5, 5.41) is 1.10. The van der Waals surface area contributed by atoms with Crippen LogP contribution in [-0.4, -0.2) is 77.4 Å². The summed E-state index contributed by atoms with van der Waals surface area (Å²) in [6.45, 7) is 8.39. The van der Waals surface area contributed by atoms with Gasteiger partial charge in [0.15, 0.2) is 0 Å². The van der Waals surface area contributed by atoms with Gasteiger partial charge in [0.05, 0.1) is 18.6 Å². The minimum absolute atomic E-state index is 0.0275. The summed E-state index contributed by atoms with van der Waals surface area (Å²) in [7, 11) is 0. The zero-order valence-corrected chi connectivity index (χ0v) is 15.9. The van der Waals surface area contributed by atoms with Crippen LogP contribution in [-0.2, 0) is 14.3 Å². The van der Waals surface area contributed by atoms with E-state index >= 15 is 0 Å². The standard InChI is InChI=1S/C20H25N5O3/c1-2-16(26)25-5-8-28-12-20(25)10-24(11-20)19-17-15(14-3-6-27-7-4-14)9-21-18(17)22-13-23-19/h2,9,13-14H,1,3-8,10-12H2,(H,21,22,23).